The summed E-state index contributed by atoms with van der Waals surface area (Å²) in [5.74, 6) is 0. The van der Waals surface area contributed by atoms with Crippen LogP contribution in [0.1, 0.15) is 33.6 Å². The molecule has 1 fully saturated rings. The number of ether oxygens (including phenoxy) is 1. The van der Waals surface area contributed by atoms with Crippen molar-refractivity contribution in [1.82, 2.24) is 4.90 Å². The molecule has 23 heavy (non-hydrogen) atoms. The lowest BCUT2D eigenvalue weighted by atomic mass is 10.1. The van der Waals surface area contributed by atoms with Crippen molar-refractivity contribution in [2.75, 3.05) is 13.1 Å². The Balaban J connectivity index is 2.14. The molecule has 0 spiro atoms. The lowest BCUT2D eigenvalue weighted by Crippen LogP contribution is -2.47. The van der Waals surface area contributed by atoms with Gasteiger partial charge in [-0.25, -0.2) is 13.2 Å². The van der Waals surface area contributed by atoms with E-state index in [-0.39, 0.29) is 11.4 Å². The predicted molar refractivity (Wildman–Crippen MR) is 89.5 cm³/mol. The Hall–Kier alpha value is -1.27. The number of likely N-dealkylation sites (tertiary alicyclic amines) is 1. The number of benzene rings is 1. The number of nitrogens with zero attached hydrogens (tertiary/aromatic N) is 1. The Labute approximate surface area is 142 Å². The number of carbonyl (C=O) groups is 1. The number of hydrogen-bond acceptors (Lipinski definition) is 4. The van der Waals surface area contributed by atoms with Gasteiger partial charge in [-0.1, -0.05) is 11.6 Å². The van der Waals surface area contributed by atoms with Gasteiger partial charge in [0.05, 0.1) is 10.1 Å². The van der Waals surface area contributed by atoms with Gasteiger partial charge in [0, 0.05) is 18.1 Å². The summed E-state index contributed by atoms with van der Waals surface area (Å²) in [6.07, 6.45) is 0.703. The first-order chi connectivity index (χ1) is 10.6. The molecule has 5 nitrogen and oxygen atoms in total. The smallest absolute Gasteiger partial charge is 0.410 e. The topological polar surface area (TPSA) is 63.7 Å². The maximum absolute atomic E-state index is 12.7. The molecule has 0 radical (unpaired) electrons. The lowest BCUT2D eigenvalue weighted by Gasteiger charge is -2.33. The molecule has 1 aromatic rings. The fourth-order valence-electron chi connectivity index (χ4n) is 2.50. The van der Waals surface area contributed by atoms with Crippen LogP contribution >= 0.6 is 11.6 Å². The van der Waals surface area contributed by atoms with Gasteiger partial charge in [0.15, 0.2) is 9.84 Å². The van der Waals surface area contributed by atoms with E-state index >= 15 is 0 Å². The average molecular weight is 360 g/mol. The van der Waals surface area contributed by atoms with Gasteiger partial charge in [0.2, 0.25) is 0 Å². The van der Waals surface area contributed by atoms with E-state index in [0.29, 0.717) is 24.4 Å². The molecule has 1 saturated heterocycles. The van der Waals surface area contributed by atoms with Crippen LogP contribution in [0.25, 0.3) is 0 Å². The molecule has 128 valence electrons. The van der Waals surface area contributed by atoms with E-state index in [2.05, 4.69) is 0 Å². The Kier molecular flexibility index (Phi) is 5.26. The third-order valence-corrected chi connectivity index (χ3v) is 6.05. The molecule has 1 aromatic carbocycles. The monoisotopic (exact) mass is 359 g/mol. The quantitative estimate of drug-likeness (QED) is 0.810. The van der Waals surface area contributed by atoms with E-state index < -0.39 is 26.8 Å². The molecule has 0 N–H and O–H groups in total. The Morgan fingerprint density at radius 2 is 1.87 bits per heavy atom. The molecular formula is C16H22ClNO4S. The number of sulfone groups is 1. The minimum absolute atomic E-state index is 0.153. The summed E-state index contributed by atoms with van der Waals surface area (Å²) in [6, 6.07) is 6.12. The molecule has 1 atom stereocenters. The highest BCUT2D eigenvalue weighted by molar-refractivity contribution is 7.92. The van der Waals surface area contributed by atoms with Crippen molar-refractivity contribution in [3.63, 3.8) is 0 Å². The Morgan fingerprint density at radius 3 is 2.43 bits per heavy atom. The fourth-order valence-corrected chi connectivity index (χ4v) is 4.38. The van der Waals surface area contributed by atoms with Crippen molar-refractivity contribution < 1.29 is 17.9 Å². The number of carbonyl (C=O) groups excluding carboxylic acids is 1. The SMILES string of the molecule is CC(C)(C)OC(=O)N1CCC[C@H](S(=O)(=O)c2ccc(Cl)cc2)C1. The third kappa shape index (κ3) is 4.61. The maximum Gasteiger partial charge on any atom is 0.410 e. The molecule has 7 heteroatoms. The van der Waals surface area contributed by atoms with Crippen LogP contribution in [0.3, 0.4) is 0 Å². The first-order valence-electron chi connectivity index (χ1n) is 7.57. The zero-order chi connectivity index (χ0) is 17.3. The largest absolute Gasteiger partial charge is 0.444 e. The highest BCUT2D eigenvalue weighted by Crippen LogP contribution is 2.25. The van der Waals surface area contributed by atoms with Crippen molar-refractivity contribution in [1.29, 1.82) is 0 Å². The molecule has 1 aliphatic heterocycles. The third-order valence-electron chi connectivity index (χ3n) is 3.61. The summed E-state index contributed by atoms with van der Waals surface area (Å²) in [5, 5.41) is -0.132. The van der Waals surface area contributed by atoms with Crippen LogP contribution in [0.2, 0.25) is 5.02 Å². The van der Waals surface area contributed by atoms with Crippen LogP contribution in [0.5, 0.6) is 0 Å². The fraction of sp³-hybridized carbons (Fsp3) is 0.562. The lowest BCUT2D eigenvalue weighted by molar-refractivity contribution is 0.0219. The highest BCUT2D eigenvalue weighted by Gasteiger charge is 2.35. The Bertz CT molecular complexity index is 664. The van der Waals surface area contributed by atoms with Crippen LogP contribution < -0.4 is 0 Å². The normalized spacial score (nSPS) is 19.5. The van der Waals surface area contributed by atoms with Crippen molar-refractivity contribution in [3.8, 4) is 0 Å². The minimum atomic E-state index is -3.50. The van der Waals surface area contributed by atoms with Crippen LogP contribution in [-0.4, -0.2) is 43.4 Å². The molecule has 1 heterocycles. The standard InChI is InChI=1S/C16H22ClNO4S/c1-16(2,3)22-15(19)18-10-4-5-14(11-18)23(20,21)13-8-6-12(17)7-9-13/h6-9,14H,4-5,10-11H2,1-3H3/t14-/m0/s1. The van der Waals surface area contributed by atoms with Crippen LogP contribution in [0.15, 0.2) is 29.2 Å². The van der Waals surface area contributed by atoms with Gasteiger partial charge in [-0.3, -0.25) is 0 Å². The van der Waals surface area contributed by atoms with E-state index in [1.165, 1.54) is 17.0 Å². The van der Waals surface area contributed by atoms with E-state index in [1.54, 1.807) is 32.9 Å². The molecule has 0 aliphatic carbocycles. The van der Waals surface area contributed by atoms with Gasteiger partial charge in [0.25, 0.3) is 0 Å². The summed E-state index contributed by atoms with van der Waals surface area (Å²) in [6.45, 7) is 6.03. The predicted octanol–water partition coefficient (Wildman–Crippen LogP) is 3.51. The second kappa shape index (κ2) is 6.69. The van der Waals surface area contributed by atoms with Crippen LogP contribution in [0, 0.1) is 0 Å². The van der Waals surface area contributed by atoms with Gasteiger partial charge in [-0.05, 0) is 57.9 Å². The zero-order valence-corrected chi connectivity index (χ0v) is 15.2. The van der Waals surface area contributed by atoms with E-state index in [0.717, 1.165) is 0 Å². The molecule has 0 unspecified atom stereocenters. The number of amides is 1. The van der Waals surface area contributed by atoms with Crippen LogP contribution in [0.4, 0.5) is 4.79 Å². The molecule has 0 bridgehead atoms. The Morgan fingerprint density at radius 1 is 1.26 bits per heavy atom. The summed E-state index contributed by atoms with van der Waals surface area (Å²) in [7, 11) is -3.50. The maximum atomic E-state index is 12.7. The van der Waals surface area contributed by atoms with Crippen molar-refractivity contribution >= 4 is 27.5 Å². The first-order valence-corrected chi connectivity index (χ1v) is 9.49. The summed E-state index contributed by atoms with van der Waals surface area (Å²) < 4.78 is 30.8. The van der Waals surface area contributed by atoms with Crippen molar-refractivity contribution in [3.05, 3.63) is 29.3 Å². The van der Waals surface area contributed by atoms with Crippen molar-refractivity contribution in [2.24, 2.45) is 0 Å². The molecule has 2 rings (SSSR count). The van der Waals surface area contributed by atoms with E-state index in [4.69, 9.17) is 16.3 Å². The van der Waals surface area contributed by atoms with Crippen LogP contribution in [-0.2, 0) is 14.6 Å². The number of halogens is 1. The van der Waals surface area contributed by atoms with Crippen molar-refractivity contribution in [2.45, 2.75) is 49.4 Å². The minimum Gasteiger partial charge on any atom is -0.444 e. The van der Waals surface area contributed by atoms with Gasteiger partial charge >= 0.3 is 6.09 Å². The first kappa shape index (κ1) is 18.1. The number of piperidine rings is 1. The van der Waals surface area contributed by atoms with Gasteiger partial charge in [0.1, 0.15) is 5.60 Å². The van der Waals surface area contributed by atoms with Gasteiger partial charge in [-0.2, -0.15) is 0 Å². The van der Waals surface area contributed by atoms with E-state index in [1.807, 2.05) is 0 Å². The second-order valence-electron chi connectivity index (χ2n) is 6.69. The summed E-state index contributed by atoms with van der Waals surface area (Å²) in [4.78, 5) is 13.9. The zero-order valence-electron chi connectivity index (χ0n) is 13.6. The highest BCUT2D eigenvalue weighted by atomic mass is 35.5. The molecule has 1 amide bonds. The molecule has 0 aromatic heterocycles. The summed E-state index contributed by atoms with van der Waals surface area (Å²) in [5.41, 5.74) is -0.598. The summed E-state index contributed by atoms with van der Waals surface area (Å²) >= 11 is 5.81. The second-order valence-corrected chi connectivity index (χ2v) is 9.35. The molecular weight excluding hydrogens is 338 g/mol. The van der Waals surface area contributed by atoms with Gasteiger partial charge in [-0.15, -0.1) is 0 Å². The average Bonchev–Trinajstić information content (AvgIpc) is 2.46. The number of rotatable bonds is 2. The van der Waals surface area contributed by atoms with E-state index in [9.17, 15) is 13.2 Å². The van der Waals surface area contributed by atoms with Gasteiger partial charge < -0.3 is 9.64 Å². The molecule has 1 aliphatic rings. The molecule has 0 saturated carbocycles. The number of hydrogen-bond donors (Lipinski definition) is 0.